The summed E-state index contributed by atoms with van der Waals surface area (Å²) < 4.78 is 5.27. The van der Waals surface area contributed by atoms with E-state index in [2.05, 4.69) is 10.6 Å². The first-order chi connectivity index (χ1) is 15.5. The number of hydrogen-bond acceptors (Lipinski definition) is 6. The zero-order valence-electron chi connectivity index (χ0n) is 18.4. The van der Waals surface area contributed by atoms with Crippen LogP contribution < -0.4 is 10.6 Å². The molecule has 2 N–H and O–H groups in total. The normalized spacial score (nSPS) is 16.1. The highest BCUT2D eigenvalue weighted by atomic mass is 32.2. The van der Waals surface area contributed by atoms with E-state index >= 15 is 0 Å². The molecule has 6 nitrogen and oxygen atoms in total. The summed E-state index contributed by atoms with van der Waals surface area (Å²) in [5.41, 5.74) is 2.31. The first-order valence-corrected chi connectivity index (χ1v) is 12.9. The number of thiophene rings is 1. The van der Waals surface area contributed by atoms with Crippen molar-refractivity contribution in [2.24, 2.45) is 5.92 Å². The molecular weight excluding hydrogens is 444 g/mol. The number of nitrogens with one attached hydrogen (secondary N) is 2. The van der Waals surface area contributed by atoms with Crippen LogP contribution in [0.15, 0.2) is 29.2 Å². The van der Waals surface area contributed by atoms with Gasteiger partial charge in [0.05, 0.1) is 17.4 Å². The predicted molar refractivity (Wildman–Crippen MR) is 129 cm³/mol. The summed E-state index contributed by atoms with van der Waals surface area (Å²) in [6.45, 7) is 3.93. The van der Waals surface area contributed by atoms with Gasteiger partial charge in [-0.3, -0.25) is 9.59 Å². The molecule has 2 amide bonds. The molecule has 0 aliphatic heterocycles. The minimum Gasteiger partial charge on any atom is -0.462 e. The first-order valence-electron chi connectivity index (χ1n) is 11.2. The van der Waals surface area contributed by atoms with Crippen LogP contribution in [-0.4, -0.2) is 29.6 Å². The number of anilines is 2. The Morgan fingerprint density at radius 2 is 1.97 bits per heavy atom. The van der Waals surface area contributed by atoms with Crippen molar-refractivity contribution in [2.45, 2.75) is 62.5 Å². The van der Waals surface area contributed by atoms with E-state index in [1.54, 1.807) is 6.92 Å². The van der Waals surface area contributed by atoms with Gasteiger partial charge in [0, 0.05) is 21.4 Å². The fraction of sp³-hybridized carbons (Fsp3) is 0.458. The molecule has 1 aromatic carbocycles. The largest absolute Gasteiger partial charge is 0.462 e. The second-order valence-electron chi connectivity index (χ2n) is 8.18. The average molecular weight is 473 g/mol. The first kappa shape index (κ1) is 22.9. The van der Waals surface area contributed by atoms with Crippen LogP contribution in [0, 0.1) is 5.92 Å². The Balaban J connectivity index is 1.44. The van der Waals surface area contributed by atoms with Gasteiger partial charge in [-0.1, -0.05) is 6.07 Å². The second-order valence-corrected chi connectivity index (χ2v) is 10.7. The number of aryl methyl sites for hydroxylation is 1. The maximum absolute atomic E-state index is 13.0. The number of benzene rings is 1. The van der Waals surface area contributed by atoms with Gasteiger partial charge in [0.15, 0.2) is 0 Å². The summed E-state index contributed by atoms with van der Waals surface area (Å²) in [4.78, 5) is 39.7. The minimum atomic E-state index is -0.376. The molecule has 2 aromatic rings. The number of rotatable bonds is 8. The summed E-state index contributed by atoms with van der Waals surface area (Å²) in [6, 6.07) is 7.55. The lowest BCUT2D eigenvalue weighted by Crippen LogP contribution is -2.23. The van der Waals surface area contributed by atoms with Crippen molar-refractivity contribution in [3.05, 3.63) is 40.3 Å². The van der Waals surface area contributed by atoms with E-state index in [4.69, 9.17) is 4.74 Å². The zero-order valence-corrected chi connectivity index (χ0v) is 20.0. The molecule has 1 aromatic heterocycles. The molecule has 2 aliphatic carbocycles. The standard InChI is InChI=1S/C24H28N2O4S2/c1-3-30-24(29)20-18-9-4-5-10-19(18)32-23(20)26-21(27)14(2)31-17-8-6-7-16(13-17)25-22(28)15-11-12-15/h6-8,13-15H,3-5,9-12H2,1-2H3,(H,25,28)(H,26,27). The number of thioether (sulfide) groups is 1. The van der Waals surface area contributed by atoms with E-state index in [1.165, 1.54) is 28.0 Å². The third-order valence-corrected chi connectivity index (χ3v) is 7.92. The van der Waals surface area contributed by atoms with Crippen molar-refractivity contribution in [3.8, 4) is 0 Å². The van der Waals surface area contributed by atoms with E-state index in [0.29, 0.717) is 17.2 Å². The molecule has 1 heterocycles. The Hall–Kier alpha value is -2.32. The van der Waals surface area contributed by atoms with Gasteiger partial charge in [-0.25, -0.2) is 4.79 Å². The van der Waals surface area contributed by atoms with Gasteiger partial charge in [-0.2, -0.15) is 0 Å². The number of ether oxygens (including phenoxy) is 1. The quantitative estimate of drug-likeness (QED) is 0.404. The van der Waals surface area contributed by atoms with Crippen LogP contribution in [0.2, 0.25) is 0 Å². The van der Waals surface area contributed by atoms with Gasteiger partial charge in [0.25, 0.3) is 0 Å². The Morgan fingerprint density at radius 3 is 2.72 bits per heavy atom. The van der Waals surface area contributed by atoms with Gasteiger partial charge >= 0.3 is 5.97 Å². The third-order valence-electron chi connectivity index (χ3n) is 5.62. The van der Waals surface area contributed by atoms with Crippen LogP contribution in [0.4, 0.5) is 10.7 Å². The molecule has 8 heteroatoms. The Bertz CT molecular complexity index is 1030. The molecule has 32 heavy (non-hydrogen) atoms. The topological polar surface area (TPSA) is 84.5 Å². The number of amides is 2. The average Bonchev–Trinajstić information content (AvgIpc) is 3.55. The van der Waals surface area contributed by atoms with Crippen LogP contribution in [-0.2, 0) is 27.2 Å². The second kappa shape index (κ2) is 10.1. The van der Waals surface area contributed by atoms with E-state index < -0.39 is 0 Å². The fourth-order valence-corrected chi connectivity index (χ4v) is 5.99. The van der Waals surface area contributed by atoms with Crippen LogP contribution >= 0.6 is 23.1 Å². The lowest BCUT2D eigenvalue weighted by atomic mass is 9.95. The van der Waals surface area contributed by atoms with Crippen molar-refractivity contribution in [3.63, 3.8) is 0 Å². The van der Waals surface area contributed by atoms with E-state index in [0.717, 1.165) is 54.7 Å². The number of fused-ring (bicyclic) bond motifs is 1. The highest BCUT2D eigenvalue weighted by Gasteiger charge is 2.30. The molecule has 1 unspecified atom stereocenters. The van der Waals surface area contributed by atoms with Crippen molar-refractivity contribution in [1.82, 2.24) is 0 Å². The van der Waals surface area contributed by atoms with E-state index in [9.17, 15) is 14.4 Å². The minimum absolute atomic E-state index is 0.0612. The Kier molecular flexibility index (Phi) is 7.20. The van der Waals surface area contributed by atoms with E-state index in [-0.39, 0.29) is 29.0 Å². The van der Waals surface area contributed by atoms with Crippen LogP contribution in [0.25, 0.3) is 0 Å². The number of carbonyl (C=O) groups excluding carboxylic acids is 3. The van der Waals surface area contributed by atoms with Gasteiger partial charge in [0.2, 0.25) is 11.8 Å². The number of esters is 1. The summed E-state index contributed by atoms with van der Waals surface area (Å²) in [5, 5.41) is 6.15. The smallest absolute Gasteiger partial charge is 0.341 e. The molecule has 170 valence electrons. The maximum atomic E-state index is 13.0. The third kappa shape index (κ3) is 5.35. The van der Waals surface area contributed by atoms with Gasteiger partial charge in [0.1, 0.15) is 5.00 Å². The van der Waals surface area contributed by atoms with Gasteiger partial charge in [-0.05, 0) is 76.1 Å². The predicted octanol–water partition coefficient (Wildman–Crippen LogP) is 5.27. The lowest BCUT2D eigenvalue weighted by molar-refractivity contribution is -0.117. The summed E-state index contributed by atoms with van der Waals surface area (Å²) in [7, 11) is 0. The zero-order chi connectivity index (χ0) is 22.7. The van der Waals surface area contributed by atoms with E-state index in [1.807, 2.05) is 31.2 Å². The molecule has 0 bridgehead atoms. The number of carbonyl (C=O) groups is 3. The highest BCUT2D eigenvalue weighted by Crippen LogP contribution is 2.39. The maximum Gasteiger partial charge on any atom is 0.341 e. The van der Waals surface area contributed by atoms with Crippen molar-refractivity contribution in [2.75, 3.05) is 17.2 Å². The lowest BCUT2D eigenvalue weighted by Gasteiger charge is -2.14. The fourth-order valence-electron chi connectivity index (χ4n) is 3.78. The van der Waals surface area contributed by atoms with Crippen LogP contribution in [0.3, 0.4) is 0 Å². The monoisotopic (exact) mass is 472 g/mol. The number of hydrogen-bond donors (Lipinski definition) is 2. The van der Waals surface area contributed by atoms with Crippen molar-refractivity contribution < 1.29 is 19.1 Å². The highest BCUT2D eigenvalue weighted by molar-refractivity contribution is 8.00. The van der Waals surface area contributed by atoms with Crippen molar-refractivity contribution in [1.29, 1.82) is 0 Å². The molecular formula is C24H28N2O4S2. The summed E-state index contributed by atoms with van der Waals surface area (Å²) in [6.07, 6.45) is 5.84. The van der Waals surface area contributed by atoms with Gasteiger partial charge in [-0.15, -0.1) is 23.1 Å². The molecule has 1 atom stereocenters. The summed E-state index contributed by atoms with van der Waals surface area (Å²) >= 11 is 2.92. The van der Waals surface area contributed by atoms with Crippen LogP contribution in [0.5, 0.6) is 0 Å². The SMILES string of the molecule is CCOC(=O)c1c(NC(=O)C(C)Sc2cccc(NC(=O)C3CC3)c2)sc2c1CCCC2. The summed E-state index contributed by atoms with van der Waals surface area (Å²) in [5.74, 6) is -0.319. The van der Waals surface area contributed by atoms with Gasteiger partial charge < -0.3 is 15.4 Å². The molecule has 0 radical (unpaired) electrons. The Labute approximate surface area is 196 Å². The molecule has 1 fully saturated rings. The molecule has 0 spiro atoms. The molecule has 1 saturated carbocycles. The van der Waals surface area contributed by atoms with Crippen molar-refractivity contribution >= 4 is 51.6 Å². The molecule has 0 saturated heterocycles. The molecule has 4 rings (SSSR count). The van der Waals surface area contributed by atoms with Crippen LogP contribution in [0.1, 0.15) is 60.3 Å². The Morgan fingerprint density at radius 1 is 1.19 bits per heavy atom. The molecule has 2 aliphatic rings.